The Hall–Kier alpha value is -1.90. The minimum absolute atomic E-state index is 0.0682. The highest BCUT2D eigenvalue weighted by molar-refractivity contribution is 7.15. The lowest BCUT2D eigenvalue weighted by Gasteiger charge is -2.34. The molecule has 6 nitrogen and oxygen atoms in total. The Morgan fingerprint density at radius 3 is 2.60 bits per heavy atom. The zero-order valence-electron chi connectivity index (χ0n) is 14.2. The monoisotopic (exact) mass is 363 g/mol. The molecule has 1 aromatic carbocycles. The number of nitrogens with one attached hydrogen (secondary N) is 1. The first-order valence-electron chi connectivity index (χ1n) is 8.44. The Balaban J connectivity index is 1.43. The average Bonchev–Trinajstić information content (AvgIpc) is 3.06. The highest BCUT2D eigenvalue weighted by Crippen LogP contribution is 2.16. The van der Waals surface area contributed by atoms with Crippen LogP contribution in [0.5, 0.6) is 0 Å². The van der Waals surface area contributed by atoms with E-state index in [2.05, 4.69) is 25.3 Å². The Labute approximate surface area is 150 Å². The summed E-state index contributed by atoms with van der Waals surface area (Å²) in [5.41, 5.74) is 0.719. The molecule has 1 saturated heterocycles. The van der Waals surface area contributed by atoms with Crippen molar-refractivity contribution in [2.75, 3.05) is 38.0 Å². The summed E-state index contributed by atoms with van der Waals surface area (Å²) < 4.78 is 13.7. The van der Waals surface area contributed by atoms with Crippen LogP contribution in [0.1, 0.15) is 17.5 Å². The molecule has 3 rings (SSSR count). The Kier molecular flexibility index (Phi) is 6.06. The van der Waals surface area contributed by atoms with E-state index in [0.717, 1.165) is 43.2 Å². The third-order valence-corrected chi connectivity index (χ3v) is 5.18. The molecule has 2 aromatic rings. The molecule has 0 aliphatic carbocycles. The number of halogens is 1. The number of hydrogen-bond donors (Lipinski definition) is 1. The number of amides is 1. The van der Waals surface area contributed by atoms with Gasteiger partial charge in [0.2, 0.25) is 11.0 Å². The number of aromatic nitrogens is 2. The third-order valence-electron chi connectivity index (χ3n) is 4.20. The van der Waals surface area contributed by atoms with Crippen molar-refractivity contribution < 1.29 is 9.18 Å². The maximum atomic E-state index is 13.7. The number of carbonyl (C=O) groups excluding carboxylic acids is 1. The standard InChI is InChI=1S/C17H22FN5OS/c1-2-16-20-21-17(25-16)19-15(24)12-23-9-7-22(8-10-23)11-13-5-3-4-6-14(13)18/h3-6H,2,7-12H2,1H3,(H,19,21,24). The first-order valence-corrected chi connectivity index (χ1v) is 9.26. The summed E-state index contributed by atoms with van der Waals surface area (Å²) in [7, 11) is 0. The van der Waals surface area contributed by atoms with Gasteiger partial charge in [-0.05, 0) is 12.5 Å². The molecule has 25 heavy (non-hydrogen) atoms. The van der Waals surface area contributed by atoms with Gasteiger partial charge in [-0.3, -0.25) is 19.9 Å². The average molecular weight is 363 g/mol. The van der Waals surface area contributed by atoms with Gasteiger partial charge in [0.1, 0.15) is 10.8 Å². The van der Waals surface area contributed by atoms with E-state index in [9.17, 15) is 9.18 Å². The summed E-state index contributed by atoms with van der Waals surface area (Å²) in [6, 6.07) is 6.88. The van der Waals surface area contributed by atoms with E-state index in [1.807, 2.05) is 19.1 Å². The largest absolute Gasteiger partial charge is 0.299 e. The van der Waals surface area contributed by atoms with Gasteiger partial charge in [0.15, 0.2) is 0 Å². The summed E-state index contributed by atoms with van der Waals surface area (Å²) >= 11 is 1.41. The maximum absolute atomic E-state index is 13.7. The summed E-state index contributed by atoms with van der Waals surface area (Å²) in [5.74, 6) is -0.228. The second-order valence-electron chi connectivity index (χ2n) is 6.05. The van der Waals surface area contributed by atoms with E-state index in [1.165, 1.54) is 17.4 Å². The molecule has 0 saturated carbocycles. The van der Waals surface area contributed by atoms with Crippen LogP contribution in [0, 0.1) is 5.82 Å². The fourth-order valence-electron chi connectivity index (χ4n) is 2.78. The molecular formula is C17H22FN5OS. The van der Waals surface area contributed by atoms with E-state index < -0.39 is 0 Å². The normalized spacial score (nSPS) is 16.1. The molecule has 8 heteroatoms. The number of benzene rings is 1. The van der Waals surface area contributed by atoms with Gasteiger partial charge >= 0.3 is 0 Å². The predicted molar refractivity (Wildman–Crippen MR) is 96.0 cm³/mol. The highest BCUT2D eigenvalue weighted by Gasteiger charge is 2.20. The minimum Gasteiger partial charge on any atom is -0.299 e. The molecule has 0 spiro atoms. The molecule has 0 unspecified atom stereocenters. The van der Waals surface area contributed by atoms with Crippen molar-refractivity contribution in [2.24, 2.45) is 0 Å². The van der Waals surface area contributed by atoms with Gasteiger partial charge in [0.25, 0.3) is 0 Å². The third kappa shape index (κ3) is 5.04. The minimum atomic E-state index is -0.159. The van der Waals surface area contributed by atoms with Crippen LogP contribution in [0.2, 0.25) is 0 Å². The maximum Gasteiger partial charge on any atom is 0.240 e. The number of rotatable bonds is 6. The SMILES string of the molecule is CCc1nnc(NC(=O)CN2CCN(Cc3ccccc3F)CC2)s1. The molecule has 1 amide bonds. The molecule has 1 aliphatic rings. The summed E-state index contributed by atoms with van der Waals surface area (Å²) in [6.07, 6.45) is 0.817. The molecular weight excluding hydrogens is 341 g/mol. The Bertz CT molecular complexity index is 715. The van der Waals surface area contributed by atoms with Gasteiger partial charge in [-0.15, -0.1) is 10.2 Å². The van der Waals surface area contributed by atoms with Crippen molar-refractivity contribution in [2.45, 2.75) is 19.9 Å². The quantitative estimate of drug-likeness (QED) is 0.851. The molecule has 1 N–H and O–H groups in total. The number of nitrogens with zero attached hydrogens (tertiary/aromatic N) is 4. The van der Waals surface area contributed by atoms with Crippen molar-refractivity contribution in [3.63, 3.8) is 0 Å². The number of carbonyl (C=O) groups is 1. The summed E-state index contributed by atoms with van der Waals surface area (Å²) in [5, 5.41) is 12.2. The van der Waals surface area contributed by atoms with Gasteiger partial charge in [0.05, 0.1) is 6.54 Å². The number of anilines is 1. The lowest BCUT2D eigenvalue weighted by Crippen LogP contribution is -2.48. The van der Waals surface area contributed by atoms with Crippen LogP contribution in [0.25, 0.3) is 0 Å². The lowest BCUT2D eigenvalue weighted by atomic mass is 10.2. The van der Waals surface area contributed by atoms with Gasteiger partial charge in [0, 0.05) is 38.3 Å². The van der Waals surface area contributed by atoms with Crippen molar-refractivity contribution in [3.05, 3.63) is 40.7 Å². The molecule has 1 aromatic heterocycles. The van der Waals surface area contributed by atoms with E-state index in [4.69, 9.17) is 0 Å². The second-order valence-corrected chi connectivity index (χ2v) is 7.11. The number of piperazine rings is 1. The molecule has 1 aliphatic heterocycles. The number of aryl methyl sites for hydroxylation is 1. The van der Waals surface area contributed by atoms with Crippen LogP contribution in [-0.2, 0) is 17.8 Å². The lowest BCUT2D eigenvalue weighted by molar-refractivity contribution is -0.117. The zero-order valence-corrected chi connectivity index (χ0v) is 15.1. The van der Waals surface area contributed by atoms with E-state index in [1.54, 1.807) is 6.07 Å². The molecule has 0 radical (unpaired) electrons. The van der Waals surface area contributed by atoms with Gasteiger partial charge in [-0.1, -0.05) is 36.5 Å². The first kappa shape index (κ1) is 17.9. The van der Waals surface area contributed by atoms with Crippen molar-refractivity contribution in [1.29, 1.82) is 0 Å². The molecule has 1 fully saturated rings. The van der Waals surface area contributed by atoms with Crippen LogP contribution in [0.3, 0.4) is 0 Å². The van der Waals surface area contributed by atoms with E-state index in [-0.39, 0.29) is 11.7 Å². The number of hydrogen-bond acceptors (Lipinski definition) is 6. The van der Waals surface area contributed by atoms with Crippen LogP contribution in [0.15, 0.2) is 24.3 Å². The fourth-order valence-corrected chi connectivity index (χ4v) is 3.48. The van der Waals surface area contributed by atoms with Crippen molar-refractivity contribution >= 4 is 22.4 Å². The van der Waals surface area contributed by atoms with Crippen LogP contribution in [-0.4, -0.2) is 58.6 Å². The van der Waals surface area contributed by atoms with E-state index >= 15 is 0 Å². The smallest absolute Gasteiger partial charge is 0.240 e. The Morgan fingerprint density at radius 2 is 1.92 bits per heavy atom. The van der Waals surface area contributed by atoms with Gasteiger partial charge < -0.3 is 0 Å². The first-order chi connectivity index (χ1) is 12.1. The molecule has 134 valence electrons. The second kappa shape index (κ2) is 8.46. The van der Waals surface area contributed by atoms with Gasteiger partial charge in [-0.2, -0.15) is 0 Å². The zero-order chi connectivity index (χ0) is 17.6. The molecule has 0 atom stereocenters. The van der Waals surface area contributed by atoms with Crippen LogP contribution in [0.4, 0.5) is 9.52 Å². The highest BCUT2D eigenvalue weighted by atomic mass is 32.1. The summed E-state index contributed by atoms with van der Waals surface area (Å²) in [6.45, 7) is 6.18. The predicted octanol–water partition coefficient (Wildman–Crippen LogP) is 2.00. The fraction of sp³-hybridized carbons (Fsp3) is 0.471. The molecule has 0 bridgehead atoms. The van der Waals surface area contributed by atoms with Crippen molar-refractivity contribution in [1.82, 2.24) is 20.0 Å². The van der Waals surface area contributed by atoms with Crippen LogP contribution < -0.4 is 5.32 Å². The summed E-state index contributed by atoms with van der Waals surface area (Å²) in [4.78, 5) is 16.4. The molecule has 2 heterocycles. The van der Waals surface area contributed by atoms with E-state index in [0.29, 0.717) is 18.2 Å². The van der Waals surface area contributed by atoms with Crippen LogP contribution >= 0.6 is 11.3 Å². The van der Waals surface area contributed by atoms with Gasteiger partial charge in [-0.25, -0.2) is 4.39 Å². The van der Waals surface area contributed by atoms with Crippen molar-refractivity contribution in [3.8, 4) is 0 Å². The Morgan fingerprint density at radius 1 is 1.20 bits per heavy atom. The topological polar surface area (TPSA) is 61.4 Å².